The highest BCUT2D eigenvalue weighted by Gasteiger charge is 2.24. The Morgan fingerprint density at radius 2 is 2.21 bits per heavy atom. The van der Waals surface area contributed by atoms with Gasteiger partial charge in [-0.25, -0.2) is 9.18 Å². The van der Waals surface area contributed by atoms with E-state index in [0.717, 1.165) is 3.57 Å². The Hall–Kier alpha value is -2.23. The Balaban J connectivity index is 2.18. The number of benzene rings is 1. The molecular weight excluding hydrogens is 426 g/mol. The fourth-order valence-corrected chi connectivity index (χ4v) is 2.91. The van der Waals surface area contributed by atoms with Crippen LogP contribution in [0.1, 0.15) is 17.4 Å². The Bertz CT molecular complexity index is 926. The van der Waals surface area contributed by atoms with Crippen molar-refractivity contribution in [3.63, 3.8) is 0 Å². The van der Waals surface area contributed by atoms with Gasteiger partial charge >= 0.3 is 5.97 Å². The number of anilines is 2. The molecule has 0 aliphatic rings. The maximum Gasteiger partial charge on any atom is 0.357 e. The molecule has 0 saturated carbocycles. The van der Waals surface area contributed by atoms with Gasteiger partial charge in [0.15, 0.2) is 5.69 Å². The van der Waals surface area contributed by atoms with Crippen molar-refractivity contribution in [3.8, 4) is 0 Å². The summed E-state index contributed by atoms with van der Waals surface area (Å²) in [4.78, 5) is 12.4. The van der Waals surface area contributed by atoms with Gasteiger partial charge < -0.3 is 14.6 Å². The van der Waals surface area contributed by atoms with Crippen molar-refractivity contribution in [2.45, 2.75) is 6.92 Å². The first-order chi connectivity index (χ1) is 11.5. The van der Waals surface area contributed by atoms with Crippen LogP contribution < -0.4 is 5.32 Å². The first-order valence-electron chi connectivity index (χ1n) is 7.22. The molecule has 2 aromatic heterocycles. The maximum absolute atomic E-state index is 14.2. The van der Waals surface area contributed by atoms with Gasteiger partial charge in [0, 0.05) is 10.6 Å². The fraction of sp³-hybridized carbons (Fsp3) is 0.188. The molecule has 1 N–H and O–H groups in total. The maximum atomic E-state index is 14.2. The number of nitrogens with one attached hydrogen (secondary N) is 1. The van der Waals surface area contributed by atoms with Crippen LogP contribution in [-0.2, 0) is 11.8 Å². The molecule has 0 aliphatic carbocycles. The van der Waals surface area contributed by atoms with Crippen LogP contribution in [0.2, 0.25) is 0 Å². The third-order valence-corrected chi connectivity index (χ3v) is 4.20. The summed E-state index contributed by atoms with van der Waals surface area (Å²) < 4.78 is 21.8. The molecule has 0 atom stereocenters. The number of halogens is 2. The molecule has 0 aliphatic heterocycles. The van der Waals surface area contributed by atoms with Crippen molar-refractivity contribution in [2.24, 2.45) is 7.05 Å². The molecule has 0 unspecified atom stereocenters. The van der Waals surface area contributed by atoms with E-state index in [1.807, 2.05) is 22.6 Å². The van der Waals surface area contributed by atoms with Gasteiger partial charge in [-0.1, -0.05) is 0 Å². The molecule has 2 heterocycles. The Labute approximate surface area is 151 Å². The summed E-state index contributed by atoms with van der Waals surface area (Å²) in [6, 6.07) is 6.53. The minimum Gasteiger partial charge on any atom is -0.461 e. The molecule has 0 spiro atoms. The van der Waals surface area contributed by atoms with Gasteiger partial charge in [-0.15, -0.1) is 5.10 Å². The number of rotatable bonds is 4. The Morgan fingerprint density at radius 1 is 1.42 bits per heavy atom. The van der Waals surface area contributed by atoms with Crippen molar-refractivity contribution in [3.05, 3.63) is 45.5 Å². The lowest BCUT2D eigenvalue weighted by atomic mass is 10.2. The first kappa shape index (κ1) is 16.6. The third-order valence-electron chi connectivity index (χ3n) is 3.53. The first-order valence-corrected chi connectivity index (χ1v) is 8.30. The monoisotopic (exact) mass is 440 g/mol. The lowest BCUT2D eigenvalue weighted by Gasteiger charge is -2.10. The summed E-state index contributed by atoms with van der Waals surface area (Å²) in [5.41, 5.74) is 2.06. The predicted octanol–water partition coefficient (Wildman–Crippen LogP) is 3.63. The van der Waals surface area contributed by atoms with Crippen molar-refractivity contribution in [1.29, 1.82) is 0 Å². The van der Waals surface area contributed by atoms with Gasteiger partial charge in [0.1, 0.15) is 17.0 Å². The van der Waals surface area contributed by atoms with Crippen LogP contribution in [0.5, 0.6) is 0 Å². The van der Waals surface area contributed by atoms with Gasteiger partial charge in [0.25, 0.3) is 0 Å². The lowest BCUT2D eigenvalue weighted by Crippen LogP contribution is -2.12. The van der Waals surface area contributed by atoms with Crippen molar-refractivity contribution < 1.29 is 13.9 Å². The topological polar surface area (TPSA) is 69.0 Å². The molecule has 0 radical (unpaired) electrons. The van der Waals surface area contributed by atoms with Crippen LogP contribution >= 0.6 is 22.6 Å². The quantitative estimate of drug-likeness (QED) is 0.496. The second-order valence-electron chi connectivity index (χ2n) is 5.02. The molecule has 0 bridgehead atoms. The highest BCUT2D eigenvalue weighted by atomic mass is 127. The van der Waals surface area contributed by atoms with E-state index in [9.17, 15) is 9.18 Å². The van der Waals surface area contributed by atoms with Crippen LogP contribution in [-0.4, -0.2) is 27.3 Å². The molecule has 1 aromatic carbocycles. The number of aromatic nitrogens is 3. The van der Waals surface area contributed by atoms with E-state index in [0.29, 0.717) is 16.7 Å². The van der Waals surface area contributed by atoms with E-state index < -0.39 is 11.8 Å². The number of fused-ring (bicyclic) bond motifs is 1. The number of carbonyl (C=O) groups excluding carboxylic acids is 1. The average Bonchev–Trinajstić information content (AvgIpc) is 2.83. The molecule has 3 rings (SSSR count). The van der Waals surface area contributed by atoms with E-state index in [4.69, 9.17) is 4.74 Å². The second kappa shape index (κ2) is 6.71. The molecule has 6 nitrogen and oxygen atoms in total. The zero-order valence-corrected chi connectivity index (χ0v) is 15.2. The standard InChI is InChI=1S/C16H14FIN4O2/c1-3-24-16(23)15-14(13-12(22(15)2)6-7-19-21-13)20-11-5-4-9(18)8-10(11)17/h4-8,20H,3H2,1-2H3. The molecule has 0 amide bonds. The minimum absolute atomic E-state index is 0.239. The molecule has 8 heteroatoms. The van der Waals surface area contributed by atoms with Crippen molar-refractivity contribution >= 4 is 51.0 Å². The number of hydrogen-bond donors (Lipinski definition) is 1. The minimum atomic E-state index is -0.508. The molecule has 0 fully saturated rings. The normalized spacial score (nSPS) is 10.8. The largest absolute Gasteiger partial charge is 0.461 e. The van der Waals surface area contributed by atoms with Crippen LogP contribution in [0.25, 0.3) is 11.0 Å². The van der Waals surface area contributed by atoms with Crippen LogP contribution in [0.15, 0.2) is 30.5 Å². The SMILES string of the molecule is CCOC(=O)c1c(Nc2ccc(I)cc2F)c2nnccc2n1C. The van der Waals surface area contributed by atoms with E-state index in [1.54, 1.807) is 36.7 Å². The Kier molecular flexibility index (Phi) is 4.65. The number of esters is 1. The van der Waals surface area contributed by atoms with Gasteiger partial charge in [-0.3, -0.25) is 0 Å². The summed E-state index contributed by atoms with van der Waals surface area (Å²) in [6.45, 7) is 1.97. The van der Waals surface area contributed by atoms with Crippen molar-refractivity contribution in [1.82, 2.24) is 14.8 Å². The number of hydrogen-bond acceptors (Lipinski definition) is 5. The highest BCUT2D eigenvalue weighted by molar-refractivity contribution is 14.1. The second-order valence-corrected chi connectivity index (χ2v) is 6.26. The number of carbonyl (C=O) groups is 1. The van der Waals surface area contributed by atoms with E-state index in [1.165, 1.54) is 12.3 Å². The van der Waals surface area contributed by atoms with Gasteiger partial charge in [-0.05, 0) is 53.8 Å². The third kappa shape index (κ3) is 2.93. The predicted molar refractivity (Wildman–Crippen MR) is 96.9 cm³/mol. The number of ether oxygens (including phenoxy) is 1. The Morgan fingerprint density at radius 3 is 2.92 bits per heavy atom. The van der Waals surface area contributed by atoms with E-state index in [-0.39, 0.29) is 18.0 Å². The lowest BCUT2D eigenvalue weighted by molar-refractivity contribution is 0.0517. The summed E-state index contributed by atoms with van der Waals surface area (Å²) in [7, 11) is 1.73. The molecule has 124 valence electrons. The summed E-state index contributed by atoms with van der Waals surface area (Å²) in [5.74, 6) is -0.927. The van der Waals surface area contributed by atoms with Crippen molar-refractivity contribution in [2.75, 3.05) is 11.9 Å². The number of aryl methyl sites for hydroxylation is 1. The van der Waals surface area contributed by atoms with E-state index in [2.05, 4.69) is 15.5 Å². The molecule has 0 saturated heterocycles. The van der Waals surface area contributed by atoms with E-state index >= 15 is 0 Å². The summed E-state index contributed by atoms with van der Waals surface area (Å²) in [5, 5.41) is 10.9. The van der Waals surface area contributed by atoms with Gasteiger partial charge in [0.05, 0.1) is 24.0 Å². The van der Waals surface area contributed by atoms with Crippen LogP contribution in [0.4, 0.5) is 15.8 Å². The average molecular weight is 440 g/mol. The zero-order valence-electron chi connectivity index (χ0n) is 13.0. The molecular formula is C16H14FIN4O2. The zero-order chi connectivity index (χ0) is 17.3. The van der Waals surface area contributed by atoms with Gasteiger partial charge in [0.2, 0.25) is 0 Å². The number of nitrogens with zero attached hydrogens (tertiary/aromatic N) is 3. The molecule has 3 aromatic rings. The van der Waals surface area contributed by atoms with Gasteiger partial charge in [-0.2, -0.15) is 5.10 Å². The highest BCUT2D eigenvalue weighted by Crippen LogP contribution is 2.32. The smallest absolute Gasteiger partial charge is 0.357 e. The van der Waals surface area contributed by atoms with Crippen LogP contribution in [0.3, 0.4) is 0 Å². The fourth-order valence-electron chi connectivity index (χ4n) is 2.46. The summed E-state index contributed by atoms with van der Waals surface area (Å²) in [6.07, 6.45) is 1.53. The molecule has 24 heavy (non-hydrogen) atoms. The van der Waals surface area contributed by atoms with Crippen LogP contribution in [0, 0.1) is 9.39 Å². The summed E-state index contributed by atoms with van der Waals surface area (Å²) >= 11 is 2.03.